The van der Waals surface area contributed by atoms with Gasteiger partial charge in [-0.2, -0.15) is 0 Å². The number of hydrogen-bond acceptors (Lipinski definition) is 3. The molecule has 1 heterocycles. The van der Waals surface area contributed by atoms with Gasteiger partial charge in [0.25, 0.3) is 0 Å². The third-order valence-electron chi connectivity index (χ3n) is 5.80. The number of benzene rings is 1. The maximum absolute atomic E-state index is 13.9. The molecule has 0 aliphatic carbocycles. The highest BCUT2D eigenvalue weighted by atomic mass is 19.1. The molecule has 2 aromatic rings. The molecule has 5 heteroatoms. The number of ether oxygens (including phenoxy) is 1. The van der Waals surface area contributed by atoms with Crippen LogP contribution in [-0.4, -0.2) is 28.9 Å². The van der Waals surface area contributed by atoms with Gasteiger partial charge in [0.05, 0.1) is 6.17 Å². The van der Waals surface area contributed by atoms with Crippen molar-refractivity contribution in [3.63, 3.8) is 0 Å². The Morgan fingerprint density at radius 3 is 2.06 bits per heavy atom. The lowest BCUT2D eigenvalue weighted by Crippen LogP contribution is -2.13. The number of nitrogens with zero attached hydrogens (tertiary/aromatic N) is 2. The van der Waals surface area contributed by atoms with Crippen LogP contribution in [0.5, 0.6) is 5.75 Å². The summed E-state index contributed by atoms with van der Waals surface area (Å²) >= 11 is 0. The first kappa shape index (κ1) is 26.2. The van der Waals surface area contributed by atoms with Crippen molar-refractivity contribution >= 4 is 0 Å². The lowest BCUT2D eigenvalue weighted by molar-refractivity contribution is 0.178. The van der Waals surface area contributed by atoms with Crippen LogP contribution in [0.3, 0.4) is 0 Å². The first-order chi connectivity index (χ1) is 15.6. The lowest BCUT2D eigenvalue weighted by atomic mass is 10.1. The standard InChI is InChI=1S/C27H40F2N2O/c1-3-5-6-7-8-9-10-12-22-19-30-27(31-20-22)23-15-17-26(18-16-23)32-21-25(29)14-11-13-24(28)4-2/h15-20,24-25H,3-14,21H2,1-2H3. The molecular weight excluding hydrogens is 406 g/mol. The van der Waals surface area contributed by atoms with E-state index < -0.39 is 12.3 Å². The second kappa shape index (κ2) is 15.7. The zero-order valence-corrected chi connectivity index (χ0v) is 19.9. The number of aryl methyl sites for hydroxylation is 1. The number of halogens is 2. The third kappa shape index (κ3) is 10.5. The van der Waals surface area contributed by atoms with Gasteiger partial charge in [-0.25, -0.2) is 18.7 Å². The molecule has 3 nitrogen and oxygen atoms in total. The molecule has 0 saturated carbocycles. The molecule has 32 heavy (non-hydrogen) atoms. The largest absolute Gasteiger partial charge is 0.491 e. The van der Waals surface area contributed by atoms with E-state index >= 15 is 0 Å². The van der Waals surface area contributed by atoms with Gasteiger partial charge < -0.3 is 4.74 Å². The molecule has 0 aliphatic rings. The summed E-state index contributed by atoms with van der Waals surface area (Å²) in [5.41, 5.74) is 2.08. The quantitative estimate of drug-likeness (QED) is 0.230. The maximum atomic E-state index is 13.9. The van der Waals surface area contributed by atoms with E-state index in [-0.39, 0.29) is 6.61 Å². The van der Waals surface area contributed by atoms with E-state index in [1.165, 1.54) is 50.5 Å². The summed E-state index contributed by atoms with van der Waals surface area (Å²) in [7, 11) is 0. The summed E-state index contributed by atoms with van der Waals surface area (Å²) in [6.45, 7) is 4.04. The van der Waals surface area contributed by atoms with Crippen LogP contribution in [0.4, 0.5) is 8.78 Å². The van der Waals surface area contributed by atoms with Gasteiger partial charge in [-0.05, 0) is 68.4 Å². The van der Waals surface area contributed by atoms with Crippen LogP contribution in [-0.2, 0) is 6.42 Å². The second-order valence-corrected chi connectivity index (χ2v) is 8.66. The van der Waals surface area contributed by atoms with Crippen molar-refractivity contribution in [2.45, 2.75) is 103 Å². The van der Waals surface area contributed by atoms with Crippen LogP contribution >= 0.6 is 0 Å². The molecular formula is C27H40F2N2O. The molecule has 0 amide bonds. The molecule has 2 rings (SSSR count). The molecule has 2 unspecified atom stereocenters. The van der Waals surface area contributed by atoms with E-state index in [4.69, 9.17) is 4.74 Å². The molecule has 0 fully saturated rings. The van der Waals surface area contributed by atoms with Gasteiger partial charge >= 0.3 is 0 Å². The molecule has 0 radical (unpaired) electrons. The number of alkyl halides is 2. The van der Waals surface area contributed by atoms with Crippen molar-refractivity contribution in [1.29, 1.82) is 0 Å². The molecule has 178 valence electrons. The van der Waals surface area contributed by atoms with Crippen LogP contribution in [0.1, 0.15) is 90.0 Å². The zero-order valence-electron chi connectivity index (χ0n) is 19.9. The molecule has 0 aliphatic heterocycles. The molecule has 0 spiro atoms. The van der Waals surface area contributed by atoms with Crippen LogP contribution in [0.2, 0.25) is 0 Å². The van der Waals surface area contributed by atoms with Crippen LogP contribution in [0.25, 0.3) is 11.4 Å². The van der Waals surface area contributed by atoms with E-state index in [0.717, 1.165) is 12.0 Å². The van der Waals surface area contributed by atoms with E-state index in [9.17, 15) is 8.78 Å². The summed E-state index contributed by atoms with van der Waals surface area (Å²) in [6, 6.07) is 7.41. The van der Waals surface area contributed by atoms with Gasteiger partial charge in [-0.1, -0.05) is 52.4 Å². The van der Waals surface area contributed by atoms with E-state index in [0.29, 0.717) is 37.3 Å². The van der Waals surface area contributed by atoms with Gasteiger partial charge in [0.15, 0.2) is 5.82 Å². The van der Waals surface area contributed by atoms with Crippen molar-refractivity contribution in [2.75, 3.05) is 6.61 Å². The molecule has 1 aromatic carbocycles. The molecule has 0 saturated heterocycles. The smallest absolute Gasteiger partial charge is 0.159 e. The first-order valence-electron chi connectivity index (χ1n) is 12.4. The average molecular weight is 447 g/mol. The van der Waals surface area contributed by atoms with Crippen molar-refractivity contribution in [2.24, 2.45) is 0 Å². The minimum Gasteiger partial charge on any atom is -0.491 e. The Morgan fingerprint density at radius 1 is 0.781 bits per heavy atom. The molecule has 2 atom stereocenters. The van der Waals surface area contributed by atoms with E-state index in [1.54, 1.807) is 6.92 Å². The highest BCUT2D eigenvalue weighted by Crippen LogP contribution is 2.20. The fourth-order valence-electron chi connectivity index (χ4n) is 3.65. The Kier molecular flexibility index (Phi) is 12.9. The summed E-state index contributed by atoms with van der Waals surface area (Å²) < 4.78 is 32.7. The van der Waals surface area contributed by atoms with Gasteiger partial charge in [0.1, 0.15) is 18.5 Å². The topological polar surface area (TPSA) is 35.0 Å². The third-order valence-corrected chi connectivity index (χ3v) is 5.80. The summed E-state index contributed by atoms with van der Waals surface area (Å²) in [6.07, 6.45) is 13.8. The molecule has 0 bridgehead atoms. The Morgan fingerprint density at radius 2 is 1.41 bits per heavy atom. The van der Waals surface area contributed by atoms with Gasteiger partial charge in [0.2, 0.25) is 0 Å². The number of hydrogen-bond donors (Lipinski definition) is 0. The fraction of sp³-hybridized carbons (Fsp3) is 0.630. The monoisotopic (exact) mass is 446 g/mol. The Hall–Kier alpha value is -2.04. The van der Waals surface area contributed by atoms with Gasteiger partial charge in [0, 0.05) is 18.0 Å². The first-order valence-corrected chi connectivity index (χ1v) is 12.4. The van der Waals surface area contributed by atoms with Gasteiger partial charge in [-0.3, -0.25) is 0 Å². The number of aromatic nitrogens is 2. The SMILES string of the molecule is CCCCCCCCCc1cnc(-c2ccc(OCC(F)CCCC(F)CC)cc2)nc1. The van der Waals surface area contributed by atoms with E-state index in [2.05, 4.69) is 16.9 Å². The minimum atomic E-state index is -1.08. The number of unbranched alkanes of at least 4 members (excludes halogenated alkanes) is 6. The minimum absolute atomic E-state index is 0.00771. The Labute approximate surface area is 193 Å². The van der Waals surface area contributed by atoms with Crippen LogP contribution in [0, 0.1) is 0 Å². The predicted octanol–water partition coefficient (Wildman–Crippen LogP) is 8.07. The van der Waals surface area contributed by atoms with Gasteiger partial charge in [-0.15, -0.1) is 0 Å². The number of rotatable bonds is 17. The zero-order chi connectivity index (χ0) is 23.0. The van der Waals surface area contributed by atoms with Crippen molar-refractivity contribution in [3.8, 4) is 17.1 Å². The Bertz CT molecular complexity index is 721. The predicted molar refractivity (Wildman–Crippen MR) is 129 cm³/mol. The Balaban J connectivity index is 1.69. The van der Waals surface area contributed by atoms with Crippen molar-refractivity contribution in [3.05, 3.63) is 42.2 Å². The highest BCUT2D eigenvalue weighted by Gasteiger charge is 2.10. The average Bonchev–Trinajstić information content (AvgIpc) is 2.83. The summed E-state index contributed by atoms with van der Waals surface area (Å²) in [5.74, 6) is 1.30. The van der Waals surface area contributed by atoms with E-state index in [1.807, 2.05) is 36.7 Å². The summed E-state index contributed by atoms with van der Waals surface area (Å²) in [5, 5.41) is 0. The fourth-order valence-corrected chi connectivity index (χ4v) is 3.65. The maximum Gasteiger partial charge on any atom is 0.159 e. The highest BCUT2D eigenvalue weighted by molar-refractivity contribution is 5.55. The normalized spacial score (nSPS) is 13.1. The van der Waals surface area contributed by atoms with Crippen LogP contribution < -0.4 is 4.74 Å². The summed E-state index contributed by atoms with van der Waals surface area (Å²) in [4.78, 5) is 9.01. The van der Waals surface area contributed by atoms with Crippen molar-refractivity contribution in [1.82, 2.24) is 9.97 Å². The second-order valence-electron chi connectivity index (χ2n) is 8.66. The van der Waals surface area contributed by atoms with Crippen molar-refractivity contribution < 1.29 is 13.5 Å². The molecule has 1 aromatic heterocycles. The lowest BCUT2D eigenvalue weighted by Gasteiger charge is -2.11. The van der Waals surface area contributed by atoms with Crippen LogP contribution in [0.15, 0.2) is 36.7 Å². The molecule has 0 N–H and O–H groups in total.